The fraction of sp³-hybridized carbons (Fsp3) is 0.500. The van der Waals surface area contributed by atoms with Crippen molar-refractivity contribution >= 4 is 32.3 Å². The van der Waals surface area contributed by atoms with Gasteiger partial charge in [0.2, 0.25) is 15.9 Å². The number of thiophene rings is 1. The van der Waals surface area contributed by atoms with Crippen molar-refractivity contribution in [2.75, 3.05) is 38.0 Å². The molecule has 0 radical (unpaired) electrons. The molecule has 0 atom stereocenters. The van der Waals surface area contributed by atoms with Crippen LogP contribution in [-0.4, -0.2) is 56.3 Å². The molecular formula is C24H30N4O3S2. The quantitative estimate of drug-likeness (QED) is 0.700. The standard InChI is InChI=1S/C24H30N4O3S2/c1-15-12-16(2)18(4)23(17(15)3)33(30,31)28-10-8-27(9-11-28)14-22(29)26-24-20(13-25)19-6-5-7-21(19)32-24/h12H,5-11,14H2,1-4H3,(H,26,29). The lowest BCUT2D eigenvalue weighted by molar-refractivity contribution is -0.117. The third-order valence-electron chi connectivity index (χ3n) is 6.88. The summed E-state index contributed by atoms with van der Waals surface area (Å²) in [6, 6.07) is 4.28. The van der Waals surface area contributed by atoms with Crippen LogP contribution in [0.2, 0.25) is 0 Å². The number of fused-ring (bicyclic) bond motifs is 1. The van der Waals surface area contributed by atoms with Crippen molar-refractivity contribution in [3.63, 3.8) is 0 Å². The van der Waals surface area contributed by atoms with E-state index in [4.69, 9.17) is 0 Å². The van der Waals surface area contributed by atoms with Gasteiger partial charge in [-0.05, 0) is 74.8 Å². The highest BCUT2D eigenvalue weighted by Gasteiger charge is 2.32. The van der Waals surface area contributed by atoms with Gasteiger partial charge < -0.3 is 5.32 Å². The number of hydrogen-bond donors (Lipinski definition) is 1. The Labute approximate surface area is 200 Å². The highest BCUT2D eigenvalue weighted by atomic mass is 32.2. The van der Waals surface area contributed by atoms with Gasteiger partial charge in [0.25, 0.3) is 0 Å². The van der Waals surface area contributed by atoms with Gasteiger partial charge in [0.05, 0.1) is 17.0 Å². The van der Waals surface area contributed by atoms with E-state index < -0.39 is 10.0 Å². The summed E-state index contributed by atoms with van der Waals surface area (Å²) in [5, 5.41) is 13.1. The molecule has 176 valence electrons. The molecule has 9 heteroatoms. The zero-order valence-electron chi connectivity index (χ0n) is 19.6. The van der Waals surface area contributed by atoms with Gasteiger partial charge in [-0.25, -0.2) is 8.42 Å². The summed E-state index contributed by atoms with van der Waals surface area (Å²) in [7, 11) is -3.60. The molecule has 2 aliphatic rings. The van der Waals surface area contributed by atoms with E-state index >= 15 is 0 Å². The Morgan fingerprint density at radius 1 is 1.09 bits per heavy atom. The van der Waals surface area contributed by atoms with Crippen molar-refractivity contribution in [3.05, 3.63) is 44.3 Å². The van der Waals surface area contributed by atoms with Crippen LogP contribution in [0.25, 0.3) is 0 Å². The van der Waals surface area contributed by atoms with Crippen LogP contribution in [0.3, 0.4) is 0 Å². The Balaban J connectivity index is 1.40. The maximum atomic E-state index is 13.4. The van der Waals surface area contributed by atoms with Crippen molar-refractivity contribution in [2.24, 2.45) is 0 Å². The van der Waals surface area contributed by atoms with Gasteiger partial charge >= 0.3 is 0 Å². The Bertz CT molecular complexity index is 1220. The maximum Gasteiger partial charge on any atom is 0.243 e. The van der Waals surface area contributed by atoms with E-state index in [2.05, 4.69) is 11.4 Å². The number of aryl methyl sites for hydroxylation is 3. The molecule has 7 nitrogen and oxygen atoms in total. The molecule has 2 heterocycles. The predicted molar refractivity (Wildman–Crippen MR) is 130 cm³/mol. The van der Waals surface area contributed by atoms with Crippen LogP contribution in [0.1, 0.15) is 44.7 Å². The lowest BCUT2D eigenvalue weighted by atomic mass is 10.0. The number of sulfonamides is 1. The molecule has 1 aliphatic heterocycles. The van der Waals surface area contributed by atoms with Gasteiger partial charge in [0.15, 0.2) is 0 Å². The Hall–Kier alpha value is -2.25. The average molecular weight is 487 g/mol. The molecule has 1 aromatic carbocycles. The van der Waals surface area contributed by atoms with Crippen LogP contribution in [0.4, 0.5) is 5.00 Å². The second-order valence-corrected chi connectivity index (χ2v) is 12.0. The first-order valence-electron chi connectivity index (χ1n) is 11.3. The number of rotatable bonds is 5. The topological polar surface area (TPSA) is 93.5 Å². The van der Waals surface area contributed by atoms with Gasteiger partial charge in [-0.1, -0.05) is 6.07 Å². The number of amides is 1. The molecule has 0 bridgehead atoms. The predicted octanol–water partition coefficient (Wildman–Crippen LogP) is 3.29. The molecule has 0 unspecified atom stereocenters. The number of carbonyl (C=O) groups excluding carboxylic acids is 1. The summed E-state index contributed by atoms with van der Waals surface area (Å²) in [5.41, 5.74) is 5.25. The molecule has 1 N–H and O–H groups in total. The van der Waals surface area contributed by atoms with E-state index in [0.29, 0.717) is 41.6 Å². The van der Waals surface area contributed by atoms with E-state index in [0.717, 1.165) is 47.1 Å². The molecule has 33 heavy (non-hydrogen) atoms. The van der Waals surface area contributed by atoms with Crippen molar-refractivity contribution in [1.29, 1.82) is 5.26 Å². The highest BCUT2D eigenvalue weighted by Crippen LogP contribution is 2.38. The first-order valence-corrected chi connectivity index (χ1v) is 13.5. The van der Waals surface area contributed by atoms with Crippen molar-refractivity contribution in [2.45, 2.75) is 51.9 Å². The number of anilines is 1. The Kier molecular flexibility index (Phi) is 6.65. The van der Waals surface area contributed by atoms with Gasteiger partial charge in [0.1, 0.15) is 11.1 Å². The third-order valence-corrected chi connectivity index (χ3v) is 10.3. The lowest BCUT2D eigenvalue weighted by Crippen LogP contribution is -2.50. The second-order valence-electron chi connectivity index (χ2n) is 8.99. The largest absolute Gasteiger partial charge is 0.315 e. The minimum Gasteiger partial charge on any atom is -0.315 e. The fourth-order valence-corrected chi connectivity index (χ4v) is 8.06. The molecule has 2 aromatic rings. The van der Waals surface area contributed by atoms with E-state index in [1.54, 1.807) is 0 Å². The summed E-state index contributed by atoms with van der Waals surface area (Å²) in [5.74, 6) is -0.163. The second kappa shape index (κ2) is 9.18. The van der Waals surface area contributed by atoms with E-state index in [-0.39, 0.29) is 12.5 Å². The van der Waals surface area contributed by atoms with Gasteiger partial charge in [-0.2, -0.15) is 9.57 Å². The monoisotopic (exact) mass is 486 g/mol. The minimum absolute atomic E-state index is 0.163. The molecular weight excluding hydrogens is 456 g/mol. The van der Waals surface area contributed by atoms with E-state index in [1.807, 2.05) is 38.7 Å². The Morgan fingerprint density at radius 2 is 1.73 bits per heavy atom. The summed E-state index contributed by atoms with van der Waals surface area (Å²) >= 11 is 1.51. The summed E-state index contributed by atoms with van der Waals surface area (Å²) in [6.07, 6.45) is 2.94. The number of nitriles is 1. The molecule has 1 aliphatic carbocycles. The summed E-state index contributed by atoms with van der Waals surface area (Å²) in [6.45, 7) is 9.47. The molecule has 4 rings (SSSR count). The summed E-state index contributed by atoms with van der Waals surface area (Å²) < 4.78 is 28.4. The lowest BCUT2D eigenvalue weighted by Gasteiger charge is -2.34. The maximum absolute atomic E-state index is 13.4. The normalized spacial score (nSPS) is 17.1. The van der Waals surface area contributed by atoms with Crippen LogP contribution in [0.5, 0.6) is 0 Å². The van der Waals surface area contributed by atoms with Crippen molar-refractivity contribution in [1.82, 2.24) is 9.21 Å². The molecule has 1 amide bonds. The van der Waals surface area contributed by atoms with Crippen LogP contribution < -0.4 is 5.32 Å². The number of nitrogens with one attached hydrogen (secondary N) is 1. The first kappa shape index (κ1) is 23.9. The average Bonchev–Trinajstić information content (AvgIpc) is 3.33. The van der Waals surface area contributed by atoms with Gasteiger partial charge in [-0.15, -0.1) is 11.3 Å². The Morgan fingerprint density at radius 3 is 2.33 bits per heavy atom. The molecule has 1 aromatic heterocycles. The molecule has 1 saturated heterocycles. The summed E-state index contributed by atoms with van der Waals surface area (Å²) in [4.78, 5) is 16.2. The van der Waals surface area contributed by atoms with Crippen LogP contribution in [0.15, 0.2) is 11.0 Å². The van der Waals surface area contributed by atoms with Crippen LogP contribution in [-0.2, 0) is 27.7 Å². The highest BCUT2D eigenvalue weighted by molar-refractivity contribution is 7.89. The molecule has 0 saturated carbocycles. The molecule has 1 fully saturated rings. The van der Waals surface area contributed by atoms with Crippen LogP contribution in [0, 0.1) is 39.0 Å². The number of piperazine rings is 1. The van der Waals surface area contributed by atoms with E-state index in [1.165, 1.54) is 20.5 Å². The number of carbonyl (C=O) groups is 1. The fourth-order valence-electron chi connectivity index (χ4n) is 4.80. The number of hydrogen-bond acceptors (Lipinski definition) is 6. The van der Waals surface area contributed by atoms with Crippen LogP contribution >= 0.6 is 11.3 Å². The van der Waals surface area contributed by atoms with Crippen molar-refractivity contribution in [3.8, 4) is 6.07 Å². The smallest absolute Gasteiger partial charge is 0.243 e. The van der Waals surface area contributed by atoms with Crippen molar-refractivity contribution < 1.29 is 13.2 Å². The zero-order valence-corrected chi connectivity index (χ0v) is 21.3. The third kappa shape index (κ3) is 4.45. The van der Waals surface area contributed by atoms with Gasteiger partial charge in [0, 0.05) is 31.1 Å². The number of benzene rings is 1. The van der Waals surface area contributed by atoms with E-state index in [9.17, 15) is 18.5 Å². The molecule has 0 spiro atoms. The minimum atomic E-state index is -3.60. The SMILES string of the molecule is Cc1cc(C)c(C)c(S(=O)(=O)N2CCN(CC(=O)Nc3sc4c(c3C#N)CCC4)CC2)c1C. The zero-order chi connectivity index (χ0) is 23.9. The first-order chi connectivity index (χ1) is 15.6. The van der Waals surface area contributed by atoms with Gasteiger partial charge in [-0.3, -0.25) is 9.69 Å². The number of nitrogens with zero attached hydrogens (tertiary/aromatic N) is 3.